The summed E-state index contributed by atoms with van der Waals surface area (Å²) in [6.07, 6.45) is 52.7. The molecule has 34 heteroatoms. The number of fused-ring (bicyclic) bond motifs is 25. The van der Waals surface area contributed by atoms with E-state index in [2.05, 4.69) is 210 Å². The number of hydrogen-bond donors (Lipinski definition) is 2. The van der Waals surface area contributed by atoms with Crippen LogP contribution < -0.4 is 0 Å². The summed E-state index contributed by atoms with van der Waals surface area (Å²) in [5.41, 5.74) is 20.5. The van der Waals surface area contributed by atoms with E-state index in [0.29, 0.717) is 91.1 Å². The third-order valence-corrected chi connectivity index (χ3v) is 41.4. The highest BCUT2D eigenvalue weighted by molar-refractivity contribution is 7.12. The summed E-state index contributed by atoms with van der Waals surface area (Å²) in [6, 6.07) is 20.5. The van der Waals surface area contributed by atoms with Gasteiger partial charge in [-0.3, -0.25) is 9.69 Å². The van der Waals surface area contributed by atoms with Gasteiger partial charge < -0.3 is 61.1 Å². The van der Waals surface area contributed by atoms with Crippen molar-refractivity contribution in [1.82, 2.24) is 86.2 Å². The summed E-state index contributed by atoms with van der Waals surface area (Å²) >= 11 is 14.1. The molecule has 0 aromatic carbocycles. The van der Waals surface area contributed by atoms with Gasteiger partial charge in [0.25, 0.3) is 0 Å². The Bertz CT molecular complexity index is 6870. The second kappa shape index (κ2) is 43.8. The van der Waals surface area contributed by atoms with E-state index in [-0.39, 0.29) is 47.7 Å². The number of nitrogens with zero attached hydrogens (tertiary/aromatic N) is 18. The minimum Gasteiger partial charge on any atom is -0.393 e. The fourth-order valence-corrected chi connectivity index (χ4v) is 34.4. The molecule has 16 aromatic rings. The van der Waals surface area contributed by atoms with Crippen molar-refractivity contribution < 1.29 is 37.7 Å². The van der Waals surface area contributed by atoms with Gasteiger partial charge in [-0.25, -0.2) is 48.7 Å². The summed E-state index contributed by atoms with van der Waals surface area (Å²) in [7, 11) is 0. The van der Waals surface area contributed by atoms with Crippen LogP contribution in [-0.4, -0.2) is 179 Å². The van der Waals surface area contributed by atoms with Crippen LogP contribution in [-0.2, 0) is 14.3 Å². The van der Waals surface area contributed by atoms with Crippen LogP contribution in [0.4, 0.5) is 13.2 Å². The first-order valence-corrected chi connectivity index (χ1v) is 60.5. The molecule has 12 atom stereocenters. The molecule has 16 aromatic heterocycles. The smallest absolute Gasteiger partial charge is 0.248 e. The monoisotopic (exact) mass is 2150 g/mol. The standard InChI is InChI=1S/C18H21N3O2S.C16H18F2N2S.C16H19FN2S.C15H18N2O2S.C14H17N3OS.2C12H14N2S.C11H12N2S/c22-16(11-3-5-20-12(7-11)1-2-17(20)23)8-14-18-13(4-6-24-18)15-9-19-10-21(14)15;17-16(18)6-3-11(4-7-16)1-2-13-15-12(5-8-21-15)14-9-19-10-20(13)14;17-15-8-12-14-9-18-10-19(14)13(16(12)20-15)7-6-11-4-2-1-3-5-11;18-14(10-1-4-19-5-2-10)7-12-15-11(3-6-20-15)13-8-16-9-17(12)13;1(3-16-4-6-18-7-5-16)12-14-11(2-8-19-14)13-9-15-10-17(12)13;1-12(2,3)11-10-8(4-5-15-10)9-6-13-7-14(9)11;1-8(2)5-10-12-9(3-4-15-12)11-6-13-7-14(10)11;1-7(2)10-11-8(3-4-14-11)9-5-12-6-13(9)10/h4,6,9-12,14,16,22H,1-3,5,7-8H2;5,8-11,13H,1-4,6-7H2;8-11,13H,1-7H2;3,6,8-10,12,14,18H,1-2,4-5,7H2;2,8-10,12H,1,3-7H2;4-7,11H,1-3H3;3-4,6-8,10H,5H2,1-2H3;3-7,10H,1-2H3/t;;;12?,14-;;;;/m...0..../s1. The zero-order valence-electron chi connectivity index (χ0n) is 85.2. The van der Waals surface area contributed by atoms with Gasteiger partial charge in [0, 0.05) is 148 Å². The van der Waals surface area contributed by atoms with E-state index in [4.69, 9.17) is 9.47 Å². The van der Waals surface area contributed by atoms with Crippen LogP contribution in [0.15, 0.2) is 186 Å². The summed E-state index contributed by atoms with van der Waals surface area (Å²) < 4.78 is 69.0. The predicted octanol–water partition coefficient (Wildman–Crippen LogP) is 28.0. The van der Waals surface area contributed by atoms with Gasteiger partial charge in [0.1, 0.15) is 0 Å². The van der Waals surface area contributed by atoms with E-state index in [1.807, 2.05) is 150 Å². The van der Waals surface area contributed by atoms with Gasteiger partial charge in [0.05, 0.1) is 220 Å². The minimum atomic E-state index is -2.41. The number of hydrogen-bond acceptors (Lipinski definition) is 22. The van der Waals surface area contributed by atoms with Crippen molar-refractivity contribution in [3.05, 3.63) is 231 Å². The number of amides is 1. The lowest BCUT2D eigenvalue weighted by Crippen LogP contribution is -2.43. The molecule has 4 saturated heterocycles. The Balaban J connectivity index is 0.0000000935. The number of morpholine rings is 1. The molecule has 2 saturated carbocycles. The second-order valence-corrected chi connectivity index (χ2v) is 51.9. The average Bonchev–Trinajstić information content (AvgIpc) is 1.55. The highest BCUT2D eigenvalue weighted by atomic mass is 32.1. The Kier molecular flexibility index (Phi) is 30.1. The molecule has 2 N–H and O–H groups in total. The number of aliphatic hydroxyl groups excluding tert-OH is 2. The fraction of sp³-hybridized carbons (Fsp3) is 0.500. The minimum absolute atomic E-state index is 0.0647. The zero-order valence-corrected chi connectivity index (χ0v) is 91.7. The maximum Gasteiger partial charge on any atom is 0.248 e. The first-order valence-electron chi connectivity index (χ1n) is 53.5. The number of piperidine rings is 1. The van der Waals surface area contributed by atoms with Crippen LogP contribution in [0.25, 0.3) is 90.1 Å². The van der Waals surface area contributed by atoms with Crippen molar-refractivity contribution in [3.63, 3.8) is 0 Å². The van der Waals surface area contributed by atoms with Crippen LogP contribution in [0.5, 0.6) is 0 Å². The molecule has 0 spiro atoms. The van der Waals surface area contributed by atoms with Crippen molar-refractivity contribution in [1.29, 1.82) is 0 Å². The van der Waals surface area contributed by atoms with E-state index >= 15 is 0 Å². The molecule has 23 nitrogen and oxygen atoms in total. The van der Waals surface area contributed by atoms with Crippen LogP contribution in [0.1, 0.15) is 283 Å². The fourth-order valence-electron chi connectivity index (χ4n) is 25.9. The quantitative estimate of drug-likeness (QED) is 0.0815. The Morgan fingerprint density at radius 2 is 0.784 bits per heavy atom. The number of halogens is 3. The Labute approximate surface area is 896 Å². The van der Waals surface area contributed by atoms with E-state index in [0.717, 1.165) is 146 Å². The van der Waals surface area contributed by atoms with Gasteiger partial charge in [0.2, 0.25) is 11.8 Å². The number of aliphatic hydroxyl groups is 2. The predicted molar refractivity (Wildman–Crippen MR) is 589 cm³/mol. The molecule has 1 amide bonds. The van der Waals surface area contributed by atoms with Crippen LogP contribution in [0.2, 0.25) is 0 Å². The van der Waals surface area contributed by atoms with Crippen LogP contribution >= 0.6 is 90.7 Å². The number of imidazole rings is 8. The SMILES string of the molecule is CC(C)(C)C1c2sccc2-c2cncn21.CC(C)C1c2sccc2-c2cncn21.CC(C)CC1c2sccc2-c2cncn21.FC1(F)CCC(CCC2c3sccc3-c3cncn32)CC1.Fc1cc2c(s1)C(CCC1CCCCC1)n1cncc1-2.O=C1CCC2CC(C(O)CC3c4sccc4-c4cncn43)CCN12.O[C@@H](CC1c2sccc2-c2cncn21)C1CCOCC1.c1cc2c(s1)C(CCN1CCOCC1)n1cncc1-2. The summed E-state index contributed by atoms with van der Waals surface area (Å²) in [6.45, 7) is 23.4. The maximum atomic E-state index is 13.6. The Morgan fingerprint density at radius 1 is 0.405 bits per heavy atom. The van der Waals surface area contributed by atoms with Gasteiger partial charge >= 0.3 is 0 Å². The molecule has 0 radical (unpaired) electrons. The number of thiophene rings is 8. The molecule has 11 unspecified atom stereocenters. The number of aromatic nitrogens is 16. The van der Waals surface area contributed by atoms with Gasteiger partial charge in [-0.15, -0.1) is 90.7 Å². The third kappa shape index (κ3) is 20.2. The average molecular weight is 2150 g/mol. The summed E-state index contributed by atoms with van der Waals surface area (Å²) in [5.74, 6) is 1.25. The van der Waals surface area contributed by atoms with Gasteiger partial charge in [-0.1, -0.05) is 80.6 Å². The number of carbonyl (C=O) groups is 1. The molecular formula is C114H133F3N18O5S8. The molecule has 0 bridgehead atoms. The zero-order chi connectivity index (χ0) is 101. The molecule has 12 aliphatic heterocycles. The number of carbonyl (C=O) groups excluding carboxylic acids is 1. The number of ether oxygens (including phenoxy) is 2. The highest BCUT2D eigenvalue weighted by Gasteiger charge is 2.45. The van der Waals surface area contributed by atoms with Crippen molar-refractivity contribution in [3.8, 4) is 90.1 Å². The third-order valence-electron chi connectivity index (χ3n) is 33.3. The maximum absolute atomic E-state index is 13.6. The van der Waals surface area contributed by atoms with Crippen molar-refractivity contribution >= 4 is 96.6 Å². The molecule has 148 heavy (non-hydrogen) atoms. The Morgan fingerprint density at radius 3 is 1.26 bits per heavy atom. The first-order chi connectivity index (χ1) is 72.1. The van der Waals surface area contributed by atoms with Gasteiger partial charge in [0.15, 0.2) is 5.13 Å². The Hall–Kier alpha value is -9.66. The number of rotatable bonds is 18. The lowest BCUT2D eigenvalue weighted by Gasteiger charge is -2.37. The van der Waals surface area contributed by atoms with Gasteiger partial charge in [-0.2, -0.15) is 4.39 Å². The van der Waals surface area contributed by atoms with E-state index in [1.165, 1.54) is 174 Å². The first kappa shape index (κ1) is 101. The normalized spacial score (nSPS) is 22.7. The summed E-state index contributed by atoms with van der Waals surface area (Å²) in [5, 5.41) is 36.6. The largest absolute Gasteiger partial charge is 0.393 e. The summed E-state index contributed by atoms with van der Waals surface area (Å²) in [4.78, 5) is 61.8. The van der Waals surface area contributed by atoms with E-state index in [9.17, 15) is 28.2 Å². The molecular weight excluding hydrogens is 2010 g/mol. The molecule has 2 aliphatic carbocycles. The van der Waals surface area contributed by atoms with Gasteiger partial charge in [-0.05, 0) is 223 Å². The highest BCUT2D eigenvalue weighted by Crippen LogP contribution is 2.56. The van der Waals surface area contributed by atoms with Crippen molar-refractivity contribution in [2.24, 2.45) is 40.9 Å². The van der Waals surface area contributed by atoms with E-state index in [1.54, 1.807) is 40.1 Å². The molecule has 30 rings (SSSR count). The molecule has 778 valence electrons. The lowest BCUT2D eigenvalue weighted by molar-refractivity contribution is -0.131. The second-order valence-electron chi connectivity index (χ2n) is 44.2. The van der Waals surface area contributed by atoms with Crippen LogP contribution in [0.3, 0.4) is 0 Å². The lowest BCUT2D eigenvalue weighted by atomic mass is 9.83. The number of alkyl halides is 2. The van der Waals surface area contributed by atoms with E-state index < -0.39 is 5.92 Å². The van der Waals surface area contributed by atoms with Crippen LogP contribution in [0, 0.1) is 46.1 Å². The molecule has 14 aliphatic rings. The van der Waals surface area contributed by atoms with Crippen molar-refractivity contribution in [2.75, 3.05) is 52.6 Å². The van der Waals surface area contributed by atoms with Crippen molar-refractivity contribution in [2.45, 2.75) is 269 Å². The molecule has 6 fully saturated rings. The molecule has 28 heterocycles. The topological polar surface area (TPSA) is 225 Å².